The van der Waals surface area contributed by atoms with Crippen LogP contribution in [0.25, 0.3) is 11.1 Å². The smallest absolute Gasteiger partial charge is 0.408 e. The number of rotatable bonds is 7. The summed E-state index contributed by atoms with van der Waals surface area (Å²) in [5.74, 6) is -1.89. The Morgan fingerprint density at radius 1 is 1.03 bits per heavy atom. The number of aliphatic carboxylic acids is 1. The van der Waals surface area contributed by atoms with E-state index in [0.29, 0.717) is 12.8 Å². The molecule has 0 atom stereocenters. The van der Waals surface area contributed by atoms with Gasteiger partial charge in [-0.1, -0.05) is 62.4 Å². The number of carboxylic acids is 1. The SMILES string of the molecule is CCC(CC)(NC(=O)OCC1c2ccccc2-c2ccccc21)C(=O)N1CC(O)(C(=O)O)C1. The first kappa shape index (κ1) is 22.8. The molecule has 2 aromatic carbocycles. The number of nitrogens with one attached hydrogen (secondary N) is 1. The molecule has 1 heterocycles. The standard InChI is InChI=1S/C25H28N2O6/c1-3-24(4-2,21(28)27-14-25(32,15-27)22(29)30)26-23(31)33-13-20-18-11-7-5-9-16(18)17-10-6-8-12-19(17)20/h5-12,20,32H,3-4,13-15H2,1-2H3,(H,26,31)(H,29,30). The van der Waals surface area contributed by atoms with E-state index in [1.165, 1.54) is 4.90 Å². The van der Waals surface area contributed by atoms with Gasteiger partial charge in [-0.25, -0.2) is 9.59 Å². The monoisotopic (exact) mass is 452 g/mol. The number of β-amino-alcohol motifs (C(OH)–C–C–N with tert-alkyl or cyclic N) is 1. The third-order valence-corrected chi connectivity index (χ3v) is 6.89. The van der Waals surface area contributed by atoms with Crippen LogP contribution in [0, 0.1) is 0 Å². The lowest BCUT2D eigenvalue weighted by molar-refractivity contribution is -0.184. The van der Waals surface area contributed by atoms with E-state index in [1.54, 1.807) is 13.8 Å². The van der Waals surface area contributed by atoms with Crippen LogP contribution in [0.4, 0.5) is 4.79 Å². The number of benzene rings is 2. The number of aliphatic hydroxyl groups is 1. The topological polar surface area (TPSA) is 116 Å². The number of hydrogen-bond donors (Lipinski definition) is 3. The van der Waals surface area contributed by atoms with E-state index >= 15 is 0 Å². The van der Waals surface area contributed by atoms with Crippen LogP contribution < -0.4 is 5.32 Å². The summed E-state index contributed by atoms with van der Waals surface area (Å²) in [6, 6.07) is 16.0. The van der Waals surface area contributed by atoms with Gasteiger partial charge in [0, 0.05) is 5.92 Å². The van der Waals surface area contributed by atoms with Gasteiger partial charge in [0.05, 0.1) is 13.1 Å². The number of carbonyl (C=O) groups excluding carboxylic acids is 2. The Kier molecular flexibility index (Phi) is 5.88. The summed E-state index contributed by atoms with van der Waals surface area (Å²) in [6.07, 6.45) is -0.105. The Hall–Kier alpha value is -3.39. The summed E-state index contributed by atoms with van der Waals surface area (Å²) in [5, 5.41) is 21.8. The average Bonchev–Trinajstić information content (AvgIpc) is 3.12. The van der Waals surface area contributed by atoms with Gasteiger partial charge >= 0.3 is 12.1 Å². The van der Waals surface area contributed by atoms with E-state index in [4.69, 9.17) is 9.84 Å². The lowest BCUT2D eigenvalue weighted by Crippen LogP contribution is -2.72. The van der Waals surface area contributed by atoms with Crippen molar-refractivity contribution in [1.29, 1.82) is 0 Å². The predicted octanol–water partition coefficient (Wildman–Crippen LogP) is 2.74. The minimum atomic E-state index is -1.94. The molecule has 0 unspecified atom stereocenters. The fraction of sp³-hybridized carbons (Fsp3) is 0.400. The van der Waals surface area contributed by atoms with Crippen molar-refractivity contribution < 1.29 is 29.3 Å². The summed E-state index contributed by atoms with van der Waals surface area (Å²) in [4.78, 5) is 38.3. The summed E-state index contributed by atoms with van der Waals surface area (Å²) >= 11 is 0. The van der Waals surface area contributed by atoms with Crippen LogP contribution in [0.3, 0.4) is 0 Å². The van der Waals surface area contributed by atoms with E-state index < -0.39 is 29.1 Å². The second-order valence-electron chi connectivity index (χ2n) is 8.74. The van der Waals surface area contributed by atoms with Crippen LogP contribution in [-0.2, 0) is 14.3 Å². The largest absolute Gasteiger partial charge is 0.479 e. The lowest BCUT2D eigenvalue weighted by atomic mass is 9.86. The Morgan fingerprint density at radius 2 is 1.55 bits per heavy atom. The molecular weight excluding hydrogens is 424 g/mol. The van der Waals surface area contributed by atoms with E-state index in [9.17, 15) is 19.5 Å². The van der Waals surface area contributed by atoms with E-state index in [0.717, 1.165) is 22.3 Å². The number of amides is 2. The van der Waals surface area contributed by atoms with Crippen molar-refractivity contribution in [2.45, 2.75) is 43.7 Å². The average molecular weight is 453 g/mol. The molecule has 2 amide bonds. The van der Waals surface area contributed by atoms with Gasteiger partial charge in [0.15, 0.2) is 5.60 Å². The second-order valence-corrected chi connectivity index (χ2v) is 8.74. The van der Waals surface area contributed by atoms with Crippen molar-refractivity contribution in [1.82, 2.24) is 10.2 Å². The number of fused-ring (bicyclic) bond motifs is 3. The predicted molar refractivity (Wildman–Crippen MR) is 121 cm³/mol. The summed E-state index contributed by atoms with van der Waals surface area (Å²) in [7, 11) is 0. The van der Waals surface area contributed by atoms with Gasteiger partial charge in [-0.2, -0.15) is 0 Å². The molecule has 0 bridgehead atoms. The molecule has 0 radical (unpaired) electrons. The van der Waals surface area contributed by atoms with Crippen LogP contribution >= 0.6 is 0 Å². The molecule has 8 heteroatoms. The molecule has 0 saturated carbocycles. The van der Waals surface area contributed by atoms with Crippen molar-refractivity contribution in [2.75, 3.05) is 19.7 Å². The number of alkyl carbamates (subject to hydrolysis) is 1. The summed E-state index contributed by atoms with van der Waals surface area (Å²) in [6.45, 7) is 3.05. The highest BCUT2D eigenvalue weighted by Crippen LogP contribution is 2.44. The molecule has 174 valence electrons. The molecule has 0 spiro atoms. The van der Waals surface area contributed by atoms with Crippen LogP contribution in [0.15, 0.2) is 48.5 Å². The highest BCUT2D eigenvalue weighted by atomic mass is 16.5. The molecule has 1 aliphatic carbocycles. The van der Waals surface area contributed by atoms with E-state index in [-0.39, 0.29) is 25.6 Å². The normalized spacial score (nSPS) is 16.4. The molecule has 1 fully saturated rings. The number of carbonyl (C=O) groups is 3. The van der Waals surface area contributed by atoms with Crippen molar-refractivity contribution in [3.8, 4) is 11.1 Å². The first-order valence-corrected chi connectivity index (χ1v) is 11.1. The van der Waals surface area contributed by atoms with Gasteiger partial charge in [0.25, 0.3) is 0 Å². The lowest BCUT2D eigenvalue weighted by Gasteiger charge is -2.47. The number of ether oxygens (including phenoxy) is 1. The first-order valence-electron chi connectivity index (χ1n) is 11.1. The number of likely N-dealkylation sites (tertiary alicyclic amines) is 1. The van der Waals surface area contributed by atoms with Crippen molar-refractivity contribution in [3.05, 3.63) is 59.7 Å². The Morgan fingerprint density at radius 3 is 2.03 bits per heavy atom. The van der Waals surface area contributed by atoms with Gasteiger partial charge in [0.1, 0.15) is 12.1 Å². The number of hydrogen-bond acceptors (Lipinski definition) is 5. The zero-order valence-electron chi connectivity index (χ0n) is 18.7. The third-order valence-electron chi connectivity index (χ3n) is 6.89. The maximum absolute atomic E-state index is 13.1. The van der Waals surface area contributed by atoms with E-state index in [2.05, 4.69) is 17.4 Å². The first-order chi connectivity index (χ1) is 15.7. The van der Waals surface area contributed by atoms with Crippen molar-refractivity contribution in [2.24, 2.45) is 0 Å². The fourth-order valence-electron chi connectivity index (χ4n) is 4.78. The van der Waals surface area contributed by atoms with E-state index in [1.807, 2.05) is 36.4 Å². The molecule has 33 heavy (non-hydrogen) atoms. The molecular formula is C25H28N2O6. The van der Waals surface area contributed by atoms with Gasteiger partial charge < -0.3 is 25.2 Å². The molecule has 2 aromatic rings. The molecule has 1 aliphatic heterocycles. The van der Waals surface area contributed by atoms with Crippen LogP contribution in [0.1, 0.15) is 43.7 Å². The third kappa shape index (κ3) is 3.84. The van der Waals surface area contributed by atoms with Gasteiger partial charge in [-0.3, -0.25) is 4.79 Å². The minimum Gasteiger partial charge on any atom is -0.479 e. The van der Waals surface area contributed by atoms with Crippen molar-refractivity contribution >= 4 is 18.0 Å². The number of nitrogens with zero attached hydrogens (tertiary/aromatic N) is 1. The van der Waals surface area contributed by atoms with Gasteiger partial charge in [0.2, 0.25) is 5.91 Å². The van der Waals surface area contributed by atoms with Crippen LogP contribution in [-0.4, -0.2) is 63.9 Å². The zero-order chi connectivity index (χ0) is 23.8. The van der Waals surface area contributed by atoms with Crippen LogP contribution in [0.2, 0.25) is 0 Å². The fourth-order valence-corrected chi connectivity index (χ4v) is 4.78. The molecule has 2 aliphatic rings. The Bertz CT molecular complexity index is 1040. The minimum absolute atomic E-state index is 0.0996. The molecule has 4 rings (SSSR count). The molecule has 8 nitrogen and oxygen atoms in total. The van der Waals surface area contributed by atoms with Crippen LogP contribution in [0.5, 0.6) is 0 Å². The zero-order valence-corrected chi connectivity index (χ0v) is 18.7. The van der Waals surface area contributed by atoms with Gasteiger partial charge in [-0.05, 0) is 35.1 Å². The van der Waals surface area contributed by atoms with Gasteiger partial charge in [-0.15, -0.1) is 0 Å². The molecule has 3 N–H and O–H groups in total. The second kappa shape index (κ2) is 8.51. The van der Waals surface area contributed by atoms with Crippen molar-refractivity contribution in [3.63, 3.8) is 0 Å². The number of carboxylic acid groups (broad SMARTS) is 1. The summed E-state index contributed by atoms with van der Waals surface area (Å²) < 4.78 is 5.60. The Labute approximate surface area is 192 Å². The maximum atomic E-state index is 13.1. The molecule has 1 saturated heterocycles. The molecule has 0 aromatic heterocycles. The Balaban J connectivity index is 1.44. The quantitative estimate of drug-likeness (QED) is 0.595. The summed E-state index contributed by atoms with van der Waals surface area (Å²) in [5.41, 5.74) is 1.26. The highest BCUT2D eigenvalue weighted by Gasteiger charge is 2.54. The highest BCUT2D eigenvalue weighted by molar-refractivity contribution is 5.93. The maximum Gasteiger partial charge on any atom is 0.408 e.